The normalized spacial score (nSPS) is 25.8. The number of piperazine rings is 1. The number of aliphatic hydroxyl groups excluding tert-OH is 1. The van der Waals surface area contributed by atoms with Crippen LogP contribution in [0.5, 0.6) is 0 Å². The van der Waals surface area contributed by atoms with E-state index in [0.29, 0.717) is 37.2 Å². The van der Waals surface area contributed by atoms with Crippen molar-refractivity contribution in [3.8, 4) is 0 Å². The molecule has 5 rings (SSSR count). The van der Waals surface area contributed by atoms with Gasteiger partial charge in [0.05, 0.1) is 22.7 Å². The first-order valence-corrected chi connectivity index (χ1v) is 16.0. The number of nitrogens with one attached hydrogen (secondary N) is 3. The lowest BCUT2D eigenvalue weighted by Gasteiger charge is -2.37. The molecule has 0 aliphatic carbocycles. The van der Waals surface area contributed by atoms with E-state index in [9.17, 15) is 14.7 Å². The smallest absolute Gasteiger partial charge is 0.237 e. The maximum atomic E-state index is 15.9. The van der Waals surface area contributed by atoms with Crippen LogP contribution >= 0.6 is 23.2 Å². The summed E-state index contributed by atoms with van der Waals surface area (Å²) in [6, 6.07) is 5.52. The van der Waals surface area contributed by atoms with E-state index in [0.717, 1.165) is 32.7 Å². The van der Waals surface area contributed by atoms with Gasteiger partial charge in [-0.15, -0.1) is 0 Å². The first-order valence-electron chi connectivity index (χ1n) is 15.2. The molecule has 44 heavy (non-hydrogen) atoms. The molecular formula is C32H41Cl2F2N5O3. The van der Waals surface area contributed by atoms with E-state index >= 15 is 8.78 Å². The highest BCUT2D eigenvalue weighted by Crippen LogP contribution is 2.57. The van der Waals surface area contributed by atoms with Crippen LogP contribution < -0.4 is 16.0 Å². The van der Waals surface area contributed by atoms with Gasteiger partial charge in [0.25, 0.3) is 0 Å². The fourth-order valence-corrected chi connectivity index (χ4v) is 7.51. The number of nitrogens with zero attached hydrogens (tertiary/aromatic N) is 2. The van der Waals surface area contributed by atoms with Crippen LogP contribution in [-0.4, -0.2) is 91.2 Å². The minimum Gasteiger partial charge on any atom is -0.395 e. The first kappa shape index (κ1) is 33.0. The van der Waals surface area contributed by atoms with Crippen LogP contribution in [0.25, 0.3) is 0 Å². The number of hydrogen-bond acceptors (Lipinski definition) is 6. The average Bonchev–Trinajstić information content (AvgIpc) is 3.43. The Morgan fingerprint density at radius 2 is 1.77 bits per heavy atom. The molecule has 2 amide bonds. The average molecular weight is 653 g/mol. The zero-order valence-corrected chi connectivity index (χ0v) is 26.9. The summed E-state index contributed by atoms with van der Waals surface area (Å²) in [5.74, 6) is -3.27. The summed E-state index contributed by atoms with van der Waals surface area (Å²) in [6.45, 7) is 11.6. The van der Waals surface area contributed by atoms with E-state index in [4.69, 9.17) is 23.2 Å². The number of carbonyl (C=O) groups is 2. The highest BCUT2D eigenvalue weighted by atomic mass is 35.5. The number of hydrogen-bond donors (Lipinski definition) is 4. The Labute approximate surface area is 267 Å². The predicted molar refractivity (Wildman–Crippen MR) is 168 cm³/mol. The van der Waals surface area contributed by atoms with Crippen molar-refractivity contribution < 1.29 is 23.5 Å². The SMILES string of the molecule is CC(C)(C)C[C@H]1N[C@@H](C(=O)NCCCN2CCN(CCO)CC2)[C@H](c2cccc(Cl)c2F)[C@@]12C(=O)Nc1cc(Cl)c(F)cc12. The van der Waals surface area contributed by atoms with E-state index in [-0.39, 0.29) is 33.5 Å². The topological polar surface area (TPSA) is 96.9 Å². The van der Waals surface area contributed by atoms with Crippen LogP contribution in [0.1, 0.15) is 50.7 Å². The van der Waals surface area contributed by atoms with Crippen molar-refractivity contribution in [2.75, 3.05) is 57.7 Å². The van der Waals surface area contributed by atoms with Crippen molar-refractivity contribution in [2.24, 2.45) is 5.41 Å². The van der Waals surface area contributed by atoms with Crippen LogP contribution in [0.3, 0.4) is 0 Å². The van der Waals surface area contributed by atoms with Crippen molar-refractivity contribution in [3.63, 3.8) is 0 Å². The molecule has 0 saturated carbocycles. The molecule has 1 spiro atoms. The lowest BCUT2D eigenvalue weighted by molar-refractivity contribution is -0.123. The molecule has 4 N–H and O–H groups in total. The molecule has 4 atom stereocenters. The number of aliphatic hydroxyl groups is 1. The summed E-state index contributed by atoms with van der Waals surface area (Å²) in [5, 5.41) is 18.2. The maximum Gasteiger partial charge on any atom is 0.237 e. The third-order valence-corrected chi connectivity index (χ3v) is 9.71. The molecule has 3 aliphatic rings. The molecule has 0 unspecified atom stereocenters. The first-order chi connectivity index (χ1) is 20.9. The Balaban J connectivity index is 1.46. The number of fused-ring (bicyclic) bond motifs is 2. The van der Waals surface area contributed by atoms with E-state index in [1.165, 1.54) is 18.2 Å². The van der Waals surface area contributed by atoms with Gasteiger partial charge < -0.3 is 26.0 Å². The summed E-state index contributed by atoms with van der Waals surface area (Å²) < 4.78 is 31.0. The van der Waals surface area contributed by atoms with Gasteiger partial charge in [-0.3, -0.25) is 14.5 Å². The van der Waals surface area contributed by atoms with Gasteiger partial charge in [0.1, 0.15) is 17.0 Å². The summed E-state index contributed by atoms with van der Waals surface area (Å²) in [7, 11) is 0. The van der Waals surface area contributed by atoms with Crippen molar-refractivity contribution in [3.05, 3.63) is 63.1 Å². The third-order valence-electron chi connectivity index (χ3n) is 9.13. The fraction of sp³-hybridized carbons (Fsp3) is 0.562. The number of β-amino-alcohol motifs (C(OH)–C–C–N with tert-alkyl or cyclic N) is 1. The highest BCUT2D eigenvalue weighted by Gasteiger charge is 2.66. The lowest BCUT2D eigenvalue weighted by Crippen LogP contribution is -2.49. The van der Waals surface area contributed by atoms with Crippen molar-refractivity contribution in [2.45, 2.75) is 57.0 Å². The quantitative estimate of drug-likeness (QED) is 0.305. The van der Waals surface area contributed by atoms with E-state index in [1.54, 1.807) is 12.1 Å². The van der Waals surface area contributed by atoms with Gasteiger partial charge in [-0.05, 0) is 54.1 Å². The van der Waals surface area contributed by atoms with Crippen LogP contribution in [0.15, 0.2) is 30.3 Å². The number of benzene rings is 2. The van der Waals surface area contributed by atoms with Gasteiger partial charge in [-0.2, -0.15) is 0 Å². The van der Waals surface area contributed by atoms with E-state index in [2.05, 4.69) is 25.8 Å². The third kappa shape index (κ3) is 6.34. The van der Waals surface area contributed by atoms with Gasteiger partial charge in [0, 0.05) is 56.9 Å². The van der Waals surface area contributed by atoms with Crippen molar-refractivity contribution in [1.82, 2.24) is 20.4 Å². The molecule has 0 bridgehead atoms. The molecule has 3 heterocycles. The second-order valence-electron chi connectivity index (χ2n) is 13.3. The molecule has 0 aromatic heterocycles. The lowest BCUT2D eigenvalue weighted by atomic mass is 9.62. The Bertz CT molecular complexity index is 1400. The van der Waals surface area contributed by atoms with Gasteiger partial charge in [0.15, 0.2) is 0 Å². The van der Waals surface area contributed by atoms with Crippen molar-refractivity contribution in [1.29, 1.82) is 0 Å². The summed E-state index contributed by atoms with van der Waals surface area (Å²) in [4.78, 5) is 32.7. The zero-order chi connectivity index (χ0) is 31.8. The zero-order valence-electron chi connectivity index (χ0n) is 25.4. The van der Waals surface area contributed by atoms with Gasteiger partial charge in [-0.25, -0.2) is 8.78 Å². The largest absolute Gasteiger partial charge is 0.395 e. The minimum atomic E-state index is -1.52. The molecule has 12 heteroatoms. The standard InChI is InChI=1S/C32H41Cl2F2N5O3/c1-31(2,3)18-25-32(20-16-23(35)22(34)17-24(20)38-30(32)44)26(19-6-4-7-21(33)27(19)36)28(39-25)29(43)37-8-5-9-40-10-12-41(13-11-40)14-15-42/h4,6-7,16-17,25-26,28,39,42H,5,8-15,18H2,1-3H3,(H,37,43)(H,38,44)/t25-,26+,28-,32+/m1/s1. The molecule has 2 aromatic carbocycles. The molecule has 3 aliphatic heterocycles. The Morgan fingerprint density at radius 3 is 2.43 bits per heavy atom. The molecule has 2 aromatic rings. The summed E-state index contributed by atoms with van der Waals surface area (Å²) in [6.07, 6.45) is 1.15. The Hall–Kier alpha value is -2.34. The number of halogens is 4. The number of carbonyl (C=O) groups excluding carboxylic acids is 2. The molecule has 2 fully saturated rings. The summed E-state index contributed by atoms with van der Waals surface area (Å²) in [5.41, 5.74) is -1.03. The molecule has 8 nitrogen and oxygen atoms in total. The number of amides is 2. The highest BCUT2D eigenvalue weighted by molar-refractivity contribution is 6.31. The van der Waals surface area contributed by atoms with Crippen LogP contribution in [0.2, 0.25) is 10.0 Å². The molecule has 240 valence electrons. The number of anilines is 1. The maximum absolute atomic E-state index is 15.9. The predicted octanol–water partition coefficient (Wildman–Crippen LogP) is 4.14. The van der Waals surface area contributed by atoms with Gasteiger partial charge in [-0.1, -0.05) is 56.1 Å². The second kappa shape index (κ2) is 13.2. The Morgan fingerprint density at radius 1 is 1.09 bits per heavy atom. The second-order valence-corrected chi connectivity index (χ2v) is 14.1. The van der Waals surface area contributed by atoms with Crippen molar-refractivity contribution >= 4 is 40.7 Å². The monoisotopic (exact) mass is 651 g/mol. The molecular weight excluding hydrogens is 611 g/mol. The van der Waals surface area contributed by atoms with E-state index < -0.39 is 41.0 Å². The van der Waals surface area contributed by atoms with Crippen LogP contribution in [0, 0.1) is 17.0 Å². The van der Waals surface area contributed by atoms with Gasteiger partial charge in [0.2, 0.25) is 11.8 Å². The molecule has 2 saturated heterocycles. The fourth-order valence-electron chi connectivity index (χ4n) is 7.17. The number of rotatable bonds is 9. The van der Waals surface area contributed by atoms with Gasteiger partial charge >= 0.3 is 0 Å². The van der Waals surface area contributed by atoms with Crippen LogP contribution in [-0.2, 0) is 15.0 Å². The molecule has 0 radical (unpaired) electrons. The summed E-state index contributed by atoms with van der Waals surface area (Å²) >= 11 is 12.4. The van der Waals surface area contributed by atoms with Crippen LogP contribution in [0.4, 0.5) is 14.5 Å². The minimum absolute atomic E-state index is 0.112. The Kier molecular flexibility index (Phi) is 9.90. The van der Waals surface area contributed by atoms with E-state index in [1.807, 2.05) is 20.8 Å².